The maximum absolute atomic E-state index is 4.62. The minimum atomic E-state index is 0.954. The van der Waals surface area contributed by atoms with Gasteiger partial charge in [-0.05, 0) is 59.7 Å². The van der Waals surface area contributed by atoms with E-state index in [0.29, 0.717) is 0 Å². The van der Waals surface area contributed by atoms with Gasteiger partial charge in [-0.3, -0.25) is 0 Å². The summed E-state index contributed by atoms with van der Waals surface area (Å²) >= 11 is 0. The molecule has 2 aromatic carbocycles. The average molecular weight is 334 g/mol. The summed E-state index contributed by atoms with van der Waals surface area (Å²) in [6.45, 7) is 0. The van der Waals surface area contributed by atoms with E-state index in [-0.39, 0.29) is 0 Å². The van der Waals surface area contributed by atoms with Crippen molar-refractivity contribution in [2.24, 2.45) is 9.98 Å². The smallest absolute Gasteiger partial charge is 0.0637 e. The molecule has 0 bridgehead atoms. The van der Waals surface area contributed by atoms with E-state index in [9.17, 15) is 0 Å². The number of aliphatic imine (C=N–C) groups is 2. The number of hydrogen-bond donors (Lipinski definition) is 0. The molecule has 0 saturated heterocycles. The van der Waals surface area contributed by atoms with Crippen LogP contribution < -0.4 is 0 Å². The normalized spacial score (nSPS) is 15.5. The Kier molecular flexibility index (Phi) is 4.66. The van der Waals surface area contributed by atoms with Gasteiger partial charge < -0.3 is 0 Å². The lowest BCUT2D eigenvalue weighted by Gasteiger charge is -2.09. The third-order valence-corrected chi connectivity index (χ3v) is 4.10. The zero-order valence-corrected chi connectivity index (χ0v) is 14.3. The van der Waals surface area contributed by atoms with Gasteiger partial charge >= 0.3 is 0 Å². The number of nitrogens with zero attached hydrogens (tertiary/aromatic N) is 2. The molecular formula is C24H18N2. The van der Waals surface area contributed by atoms with Crippen LogP contribution in [0.25, 0.3) is 0 Å². The molecule has 0 radical (unpaired) electrons. The molecule has 0 heterocycles. The van der Waals surface area contributed by atoms with Gasteiger partial charge in [0.15, 0.2) is 0 Å². The molecule has 0 atom stereocenters. The number of allylic oxidation sites excluding steroid dienone is 10. The number of rotatable bonds is 2. The summed E-state index contributed by atoms with van der Waals surface area (Å²) in [4.78, 5) is 9.24. The first-order valence-corrected chi connectivity index (χ1v) is 8.61. The van der Waals surface area contributed by atoms with E-state index in [1.165, 1.54) is 11.1 Å². The fourth-order valence-corrected chi connectivity index (χ4v) is 2.76. The molecule has 0 unspecified atom stereocenters. The number of benzene rings is 2. The summed E-state index contributed by atoms with van der Waals surface area (Å²) in [5.74, 6) is 0. The van der Waals surface area contributed by atoms with E-state index in [0.717, 1.165) is 22.8 Å². The Labute approximate surface area is 153 Å². The SMILES string of the molecule is C1=CC(=C2C=CC(=Nc3ccccc3)C=C2)C=CC1=Nc1ccccc1. The molecule has 2 aliphatic rings. The van der Waals surface area contributed by atoms with Crippen LogP contribution in [0.2, 0.25) is 0 Å². The summed E-state index contributed by atoms with van der Waals surface area (Å²) < 4.78 is 0. The second kappa shape index (κ2) is 7.58. The van der Waals surface area contributed by atoms with E-state index in [1.54, 1.807) is 0 Å². The van der Waals surface area contributed by atoms with Crippen molar-refractivity contribution in [1.29, 1.82) is 0 Å². The van der Waals surface area contributed by atoms with Crippen molar-refractivity contribution < 1.29 is 0 Å². The van der Waals surface area contributed by atoms with Crippen LogP contribution in [0, 0.1) is 0 Å². The van der Waals surface area contributed by atoms with Crippen LogP contribution >= 0.6 is 0 Å². The fourth-order valence-electron chi connectivity index (χ4n) is 2.76. The second-order valence-corrected chi connectivity index (χ2v) is 5.99. The monoisotopic (exact) mass is 334 g/mol. The van der Waals surface area contributed by atoms with Crippen molar-refractivity contribution in [2.75, 3.05) is 0 Å². The fraction of sp³-hybridized carbons (Fsp3) is 0. The van der Waals surface area contributed by atoms with Crippen molar-refractivity contribution in [2.45, 2.75) is 0 Å². The van der Waals surface area contributed by atoms with E-state index in [4.69, 9.17) is 0 Å². The van der Waals surface area contributed by atoms with Crippen molar-refractivity contribution in [3.8, 4) is 0 Å². The van der Waals surface area contributed by atoms with Crippen molar-refractivity contribution in [3.63, 3.8) is 0 Å². The van der Waals surface area contributed by atoms with Crippen LogP contribution in [-0.4, -0.2) is 11.4 Å². The molecule has 0 saturated carbocycles. The second-order valence-electron chi connectivity index (χ2n) is 5.99. The first kappa shape index (κ1) is 16.0. The van der Waals surface area contributed by atoms with Crippen LogP contribution in [0.1, 0.15) is 0 Å². The highest BCUT2D eigenvalue weighted by molar-refractivity contribution is 6.08. The third kappa shape index (κ3) is 3.93. The highest BCUT2D eigenvalue weighted by Gasteiger charge is 2.05. The molecule has 4 rings (SSSR count). The lowest BCUT2D eigenvalue weighted by Crippen LogP contribution is -1.98. The quantitative estimate of drug-likeness (QED) is 0.636. The summed E-state index contributed by atoms with van der Waals surface area (Å²) in [7, 11) is 0. The van der Waals surface area contributed by atoms with E-state index >= 15 is 0 Å². The Morgan fingerprint density at radius 1 is 0.385 bits per heavy atom. The summed E-state index contributed by atoms with van der Waals surface area (Å²) in [6.07, 6.45) is 16.6. The van der Waals surface area contributed by atoms with Crippen molar-refractivity contribution >= 4 is 22.8 Å². The van der Waals surface area contributed by atoms with Gasteiger partial charge in [-0.15, -0.1) is 0 Å². The highest BCUT2D eigenvalue weighted by Crippen LogP contribution is 2.20. The summed E-state index contributed by atoms with van der Waals surface area (Å²) in [5, 5.41) is 0. The Morgan fingerprint density at radius 2 is 0.731 bits per heavy atom. The predicted molar refractivity (Wildman–Crippen MR) is 111 cm³/mol. The molecule has 0 fully saturated rings. The molecule has 0 aromatic heterocycles. The van der Waals surface area contributed by atoms with E-state index in [2.05, 4.69) is 34.3 Å². The largest absolute Gasteiger partial charge is 0.249 e. The Morgan fingerprint density at radius 3 is 1.08 bits per heavy atom. The maximum atomic E-state index is 4.62. The molecule has 26 heavy (non-hydrogen) atoms. The van der Waals surface area contributed by atoms with Gasteiger partial charge in [0.2, 0.25) is 0 Å². The molecule has 124 valence electrons. The van der Waals surface area contributed by atoms with Gasteiger partial charge in [0.05, 0.1) is 22.8 Å². The molecule has 2 aromatic rings. The minimum absolute atomic E-state index is 0.954. The molecule has 2 aliphatic carbocycles. The van der Waals surface area contributed by atoms with Gasteiger partial charge in [0.1, 0.15) is 0 Å². The Balaban J connectivity index is 1.50. The lowest BCUT2D eigenvalue weighted by molar-refractivity contribution is 1.48. The van der Waals surface area contributed by atoms with Crippen molar-refractivity contribution in [3.05, 3.63) is 120 Å². The van der Waals surface area contributed by atoms with Gasteiger partial charge in [-0.1, -0.05) is 60.7 Å². The van der Waals surface area contributed by atoms with Crippen molar-refractivity contribution in [1.82, 2.24) is 0 Å². The standard InChI is InChI=1S/C24H18N2/c1-3-7-21(8-4-1)25-23-15-11-19(12-16-23)20-13-17-24(18-14-20)26-22-9-5-2-6-10-22/h1-18H. The molecule has 2 nitrogen and oxygen atoms in total. The zero-order valence-electron chi connectivity index (χ0n) is 14.3. The molecule has 0 spiro atoms. The molecule has 0 aliphatic heterocycles. The number of para-hydroxylation sites is 2. The van der Waals surface area contributed by atoms with Gasteiger partial charge in [0, 0.05) is 0 Å². The summed E-state index contributed by atoms with van der Waals surface area (Å²) in [5.41, 5.74) is 6.18. The minimum Gasteiger partial charge on any atom is -0.249 e. The van der Waals surface area contributed by atoms with Gasteiger partial charge in [-0.2, -0.15) is 0 Å². The van der Waals surface area contributed by atoms with Gasteiger partial charge in [-0.25, -0.2) is 9.98 Å². The van der Waals surface area contributed by atoms with Crippen LogP contribution in [-0.2, 0) is 0 Å². The Hall–Kier alpha value is -3.52. The lowest BCUT2D eigenvalue weighted by atomic mass is 9.98. The summed E-state index contributed by atoms with van der Waals surface area (Å²) in [6, 6.07) is 20.0. The van der Waals surface area contributed by atoms with Crippen LogP contribution in [0.4, 0.5) is 11.4 Å². The predicted octanol–water partition coefficient (Wildman–Crippen LogP) is 6.08. The maximum Gasteiger partial charge on any atom is 0.0637 e. The zero-order chi connectivity index (χ0) is 17.6. The Bertz CT molecular complexity index is 879. The first-order chi connectivity index (χ1) is 12.9. The molecule has 2 heteroatoms. The van der Waals surface area contributed by atoms with Gasteiger partial charge in [0.25, 0.3) is 0 Å². The molecule has 0 amide bonds. The van der Waals surface area contributed by atoms with Crippen LogP contribution in [0.5, 0.6) is 0 Å². The highest BCUT2D eigenvalue weighted by atomic mass is 14.7. The third-order valence-electron chi connectivity index (χ3n) is 4.10. The van der Waals surface area contributed by atoms with Crippen LogP contribution in [0.3, 0.4) is 0 Å². The number of hydrogen-bond acceptors (Lipinski definition) is 2. The molecular weight excluding hydrogens is 316 g/mol. The topological polar surface area (TPSA) is 24.7 Å². The van der Waals surface area contributed by atoms with E-state index < -0.39 is 0 Å². The molecule has 0 N–H and O–H groups in total. The van der Waals surface area contributed by atoms with E-state index in [1.807, 2.05) is 85.0 Å². The first-order valence-electron chi connectivity index (χ1n) is 8.61. The average Bonchev–Trinajstić information content (AvgIpc) is 2.71. The van der Waals surface area contributed by atoms with Crippen LogP contribution in [0.15, 0.2) is 130 Å².